The normalized spacial score (nSPS) is 12.1. The Morgan fingerprint density at radius 2 is 2.23 bits per heavy atom. The lowest BCUT2D eigenvalue weighted by Gasteiger charge is -2.13. The minimum atomic E-state index is -0.718. The third-order valence-corrected chi connectivity index (χ3v) is 3.26. The number of hydrogen-bond acceptors (Lipinski definition) is 5. The fourth-order valence-corrected chi connectivity index (χ4v) is 2.22. The van der Waals surface area contributed by atoms with Gasteiger partial charge in [0.15, 0.2) is 5.82 Å². The summed E-state index contributed by atoms with van der Waals surface area (Å²) in [5.74, 6) is -0.849. The van der Waals surface area contributed by atoms with Gasteiger partial charge in [0.25, 0.3) is 0 Å². The van der Waals surface area contributed by atoms with Crippen LogP contribution >= 0.6 is 11.6 Å². The van der Waals surface area contributed by atoms with E-state index in [-0.39, 0.29) is 24.3 Å². The number of methoxy groups -OCH3 is 1. The lowest BCUT2D eigenvalue weighted by atomic mass is 10.2. The van der Waals surface area contributed by atoms with E-state index in [0.29, 0.717) is 17.2 Å². The van der Waals surface area contributed by atoms with Crippen LogP contribution in [0.3, 0.4) is 0 Å². The van der Waals surface area contributed by atoms with E-state index in [1.54, 1.807) is 38.3 Å². The lowest BCUT2D eigenvalue weighted by molar-refractivity contribution is -0.122. The molecule has 1 unspecified atom stereocenters. The van der Waals surface area contributed by atoms with E-state index < -0.39 is 5.76 Å². The van der Waals surface area contributed by atoms with Crippen molar-refractivity contribution in [3.05, 3.63) is 39.8 Å². The van der Waals surface area contributed by atoms with Gasteiger partial charge in [-0.15, -0.1) is 0 Å². The van der Waals surface area contributed by atoms with Crippen LogP contribution in [0.2, 0.25) is 5.02 Å². The van der Waals surface area contributed by atoms with Crippen molar-refractivity contribution < 1.29 is 14.1 Å². The minimum Gasteiger partial charge on any atom is -0.383 e. The first kappa shape index (κ1) is 16.3. The summed E-state index contributed by atoms with van der Waals surface area (Å²) in [5.41, 5.74) is 0.521. The molecule has 1 aromatic heterocycles. The summed E-state index contributed by atoms with van der Waals surface area (Å²) < 4.78 is 10.7. The monoisotopic (exact) mass is 325 g/mol. The fourth-order valence-electron chi connectivity index (χ4n) is 2.00. The maximum absolute atomic E-state index is 12.0. The topological polar surface area (TPSA) is 86.4 Å². The molecule has 0 radical (unpaired) electrons. The molecule has 1 aromatic carbocycles. The van der Waals surface area contributed by atoms with Crippen molar-refractivity contribution in [2.45, 2.75) is 19.5 Å². The second-order valence-electron chi connectivity index (χ2n) is 4.76. The van der Waals surface area contributed by atoms with E-state index in [4.69, 9.17) is 16.3 Å². The van der Waals surface area contributed by atoms with Crippen molar-refractivity contribution in [3.63, 3.8) is 0 Å². The molecule has 7 nitrogen and oxygen atoms in total. The fraction of sp³-hybridized carbons (Fsp3) is 0.357. The number of halogens is 1. The zero-order valence-corrected chi connectivity index (χ0v) is 13.0. The number of rotatable bonds is 6. The highest BCUT2D eigenvalue weighted by Gasteiger charge is 2.18. The van der Waals surface area contributed by atoms with E-state index in [1.807, 2.05) is 0 Å². The molecule has 1 N–H and O–H groups in total. The van der Waals surface area contributed by atoms with Crippen LogP contribution in [0.15, 0.2) is 33.6 Å². The first-order valence-electron chi connectivity index (χ1n) is 6.62. The summed E-state index contributed by atoms with van der Waals surface area (Å²) in [6.07, 6.45) is 0. The molecule has 0 saturated heterocycles. The predicted octanol–water partition coefficient (Wildman–Crippen LogP) is 1.31. The van der Waals surface area contributed by atoms with Crippen LogP contribution in [0.25, 0.3) is 11.4 Å². The molecule has 0 saturated carbocycles. The molecule has 1 amide bonds. The molecule has 2 rings (SSSR count). The third-order valence-electron chi connectivity index (χ3n) is 2.93. The highest BCUT2D eigenvalue weighted by molar-refractivity contribution is 6.33. The van der Waals surface area contributed by atoms with Gasteiger partial charge in [0.1, 0.15) is 6.54 Å². The SMILES string of the molecule is COCC(C)NC(=O)Cn1c(-c2ccccc2Cl)noc1=O. The second-order valence-corrected chi connectivity index (χ2v) is 5.17. The van der Waals surface area contributed by atoms with Gasteiger partial charge in [-0.1, -0.05) is 28.9 Å². The molecule has 0 aliphatic heterocycles. The number of amides is 1. The molecule has 0 aliphatic carbocycles. The molecule has 8 heteroatoms. The van der Waals surface area contributed by atoms with Gasteiger partial charge in [0.05, 0.1) is 11.6 Å². The van der Waals surface area contributed by atoms with Gasteiger partial charge in [0.2, 0.25) is 5.91 Å². The maximum atomic E-state index is 12.0. The highest BCUT2D eigenvalue weighted by atomic mass is 35.5. The number of carbonyl (C=O) groups excluding carboxylic acids is 1. The predicted molar refractivity (Wildman–Crippen MR) is 80.7 cm³/mol. The number of benzene rings is 1. The number of ether oxygens (including phenoxy) is 1. The molecule has 0 spiro atoms. The molecule has 2 aromatic rings. The molecule has 1 atom stereocenters. The van der Waals surface area contributed by atoms with Gasteiger partial charge >= 0.3 is 5.76 Å². The van der Waals surface area contributed by atoms with E-state index in [9.17, 15) is 9.59 Å². The molecule has 0 fully saturated rings. The smallest absolute Gasteiger partial charge is 0.383 e. The van der Waals surface area contributed by atoms with Crippen molar-refractivity contribution in [2.75, 3.05) is 13.7 Å². The Kier molecular flexibility index (Phi) is 5.35. The van der Waals surface area contributed by atoms with Crippen molar-refractivity contribution in [1.29, 1.82) is 0 Å². The molecule has 118 valence electrons. The Balaban J connectivity index is 2.22. The zero-order valence-electron chi connectivity index (χ0n) is 12.2. The quantitative estimate of drug-likeness (QED) is 0.865. The van der Waals surface area contributed by atoms with Crippen LogP contribution in [0.1, 0.15) is 6.92 Å². The first-order valence-corrected chi connectivity index (χ1v) is 7.00. The first-order chi connectivity index (χ1) is 10.5. The molecule has 0 aliphatic rings. The summed E-state index contributed by atoms with van der Waals surface area (Å²) in [6, 6.07) is 6.71. The molecular weight excluding hydrogens is 310 g/mol. The molecule has 0 bridgehead atoms. The summed E-state index contributed by atoms with van der Waals surface area (Å²) in [5, 5.41) is 6.83. The number of nitrogens with one attached hydrogen (secondary N) is 1. The Hall–Kier alpha value is -2.12. The maximum Gasteiger partial charge on any atom is 0.442 e. The number of aromatic nitrogens is 2. The van der Waals surface area contributed by atoms with Gasteiger partial charge < -0.3 is 10.1 Å². The van der Waals surface area contributed by atoms with Crippen LogP contribution in [-0.4, -0.2) is 35.4 Å². The summed E-state index contributed by atoms with van der Waals surface area (Å²) >= 11 is 6.09. The summed E-state index contributed by atoms with van der Waals surface area (Å²) in [7, 11) is 1.54. The van der Waals surface area contributed by atoms with Gasteiger partial charge in [-0.05, 0) is 19.1 Å². The zero-order chi connectivity index (χ0) is 16.1. The van der Waals surface area contributed by atoms with Crippen molar-refractivity contribution in [3.8, 4) is 11.4 Å². The van der Waals surface area contributed by atoms with Gasteiger partial charge in [-0.3, -0.25) is 9.32 Å². The largest absolute Gasteiger partial charge is 0.442 e. The van der Waals surface area contributed by atoms with Crippen LogP contribution in [0, 0.1) is 0 Å². The van der Waals surface area contributed by atoms with Gasteiger partial charge in [-0.25, -0.2) is 9.36 Å². The Bertz CT molecular complexity index is 710. The number of nitrogens with zero attached hydrogens (tertiary/aromatic N) is 2. The number of hydrogen-bond donors (Lipinski definition) is 1. The average molecular weight is 326 g/mol. The Morgan fingerprint density at radius 1 is 1.50 bits per heavy atom. The van der Waals surface area contributed by atoms with E-state index in [1.165, 1.54) is 0 Å². The summed E-state index contributed by atoms with van der Waals surface area (Å²) in [4.78, 5) is 23.7. The van der Waals surface area contributed by atoms with Crippen LogP contribution in [-0.2, 0) is 16.1 Å². The van der Waals surface area contributed by atoms with Crippen LogP contribution in [0.4, 0.5) is 0 Å². The Labute approximate surface area is 131 Å². The van der Waals surface area contributed by atoms with Crippen molar-refractivity contribution in [2.24, 2.45) is 0 Å². The van der Waals surface area contributed by atoms with Crippen molar-refractivity contribution >= 4 is 17.5 Å². The highest BCUT2D eigenvalue weighted by Crippen LogP contribution is 2.25. The molecule has 22 heavy (non-hydrogen) atoms. The van der Waals surface area contributed by atoms with Gasteiger partial charge in [0, 0.05) is 18.7 Å². The van der Waals surface area contributed by atoms with Crippen molar-refractivity contribution in [1.82, 2.24) is 15.0 Å². The third kappa shape index (κ3) is 3.75. The van der Waals surface area contributed by atoms with E-state index in [2.05, 4.69) is 15.0 Å². The molecular formula is C14H16ClN3O4. The number of carbonyl (C=O) groups is 1. The second kappa shape index (κ2) is 7.24. The standard InChI is InChI=1S/C14H16ClN3O4/c1-9(8-21-2)16-12(19)7-18-13(17-22-14(18)20)10-5-3-4-6-11(10)15/h3-6,9H,7-8H2,1-2H3,(H,16,19). The Morgan fingerprint density at radius 3 is 2.91 bits per heavy atom. The van der Waals surface area contributed by atoms with Gasteiger partial charge in [-0.2, -0.15) is 0 Å². The summed E-state index contributed by atoms with van der Waals surface area (Å²) in [6.45, 7) is 1.96. The lowest BCUT2D eigenvalue weighted by Crippen LogP contribution is -2.39. The molecule has 1 heterocycles. The van der Waals surface area contributed by atoms with Crippen LogP contribution in [0.5, 0.6) is 0 Å². The van der Waals surface area contributed by atoms with Crippen LogP contribution < -0.4 is 11.1 Å². The average Bonchev–Trinajstić information content (AvgIpc) is 2.81. The van der Waals surface area contributed by atoms with E-state index >= 15 is 0 Å². The van der Waals surface area contributed by atoms with E-state index in [0.717, 1.165) is 4.57 Å². The minimum absolute atomic E-state index is 0.170.